The van der Waals surface area contributed by atoms with E-state index in [1.165, 1.54) is 4.90 Å². The van der Waals surface area contributed by atoms with Crippen molar-refractivity contribution in [1.29, 1.82) is 0 Å². The maximum absolute atomic E-state index is 13.1. The number of carbonyl (C=O) groups is 3. The van der Waals surface area contributed by atoms with Crippen molar-refractivity contribution in [3.05, 3.63) is 59.1 Å². The third kappa shape index (κ3) is 5.85. The van der Waals surface area contributed by atoms with Gasteiger partial charge in [0.05, 0.1) is 13.2 Å². The smallest absolute Gasteiger partial charge is 0.345 e. The molecule has 2 aromatic rings. The van der Waals surface area contributed by atoms with Crippen molar-refractivity contribution in [2.75, 3.05) is 25.1 Å². The average Bonchev–Trinajstić information content (AvgIpc) is 2.81. The summed E-state index contributed by atoms with van der Waals surface area (Å²) in [6.45, 7) is 3.88. The third-order valence-electron chi connectivity index (χ3n) is 4.88. The van der Waals surface area contributed by atoms with E-state index in [1.54, 1.807) is 62.4 Å². The topological polar surface area (TPSA) is 117 Å². The summed E-state index contributed by atoms with van der Waals surface area (Å²) in [4.78, 5) is 39.7. The van der Waals surface area contributed by atoms with Gasteiger partial charge < -0.3 is 14.8 Å². The van der Waals surface area contributed by atoms with Gasteiger partial charge in [-0.1, -0.05) is 23.7 Å². The summed E-state index contributed by atoms with van der Waals surface area (Å²) in [7, 11) is 0. The molecular weight excluding hydrogens is 450 g/mol. The highest BCUT2D eigenvalue weighted by Gasteiger charge is 2.42. The van der Waals surface area contributed by atoms with Crippen LogP contribution in [0.4, 0.5) is 15.3 Å². The molecule has 176 valence electrons. The molecule has 1 atom stereocenters. The van der Waals surface area contributed by atoms with Gasteiger partial charge in [0.15, 0.2) is 6.61 Å². The standard InChI is InChI=1S/C22H26ClN5O5/c1-3-26-21(30)27(13-15-5-7-16(23)8-6-15)20(28(24)22(26)31)25-17-9-11-18(12-10-17)33-14-19(29)32-4-2/h5-12,20,25H,3-4,13-14,24H2,1-2H3. The number of rotatable bonds is 9. The van der Waals surface area contributed by atoms with Crippen molar-refractivity contribution in [2.24, 2.45) is 5.84 Å². The molecule has 1 saturated heterocycles. The number of anilines is 1. The normalized spacial score (nSPS) is 16.1. The lowest BCUT2D eigenvalue weighted by atomic mass is 10.2. The molecule has 0 radical (unpaired) electrons. The minimum absolute atomic E-state index is 0.182. The number of hydrogen-bond donors (Lipinski definition) is 2. The summed E-state index contributed by atoms with van der Waals surface area (Å²) < 4.78 is 10.2. The summed E-state index contributed by atoms with van der Waals surface area (Å²) in [5.41, 5.74) is 1.41. The molecule has 3 N–H and O–H groups in total. The van der Waals surface area contributed by atoms with Crippen LogP contribution in [0.3, 0.4) is 0 Å². The van der Waals surface area contributed by atoms with Crippen molar-refractivity contribution in [3.8, 4) is 5.75 Å². The number of esters is 1. The van der Waals surface area contributed by atoms with Gasteiger partial charge in [-0.25, -0.2) is 30.1 Å². The second-order valence-electron chi connectivity index (χ2n) is 7.11. The van der Waals surface area contributed by atoms with Crippen LogP contribution in [0, 0.1) is 0 Å². The molecule has 1 aliphatic heterocycles. The number of hydrazine groups is 1. The fourth-order valence-electron chi connectivity index (χ4n) is 3.24. The van der Waals surface area contributed by atoms with E-state index in [9.17, 15) is 14.4 Å². The highest BCUT2D eigenvalue weighted by atomic mass is 35.5. The Kier molecular flexibility index (Phi) is 7.96. The molecule has 10 nitrogen and oxygen atoms in total. The molecule has 3 rings (SSSR count). The number of urea groups is 2. The van der Waals surface area contributed by atoms with E-state index in [0.717, 1.165) is 15.5 Å². The number of benzene rings is 2. The van der Waals surface area contributed by atoms with Crippen molar-refractivity contribution < 1.29 is 23.9 Å². The second-order valence-corrected chi connectivity index (χ2v) is 7.54. The maximum atomic E-state index is 13.1. The number of halogens is 1. The van der Waals surface area contributed by atoms with Crippen LogP contribution in [0.1, 0.15) is 19.4 Å². The molecule has 1 unspecified atom stereocenters. The number of hydrogen-bond acceptors (Lipinski definition) is 7. The number of nitrogens with one attached hydrogen (secondary N) is 1. The highest BCUT2D eigenvalue weighted by Crippen LogP contribution is 2.24. The van der Waals surface area contributed by atoms with E-state index in [4.69, 9.17) is 26.9 Å². The Hall–Kier alpha value is -3.50. The predicted molar refractivity (Wildman–Crippen MR) is 122 cm³/mol. The molecule has 0 bridgehead atoms. The first kappa shape index (κ1) is 24.1. The lowest BCUT2D eigenvalue weighted by Crippen LogP contribution is -2.70. The molecular formula is C22H26ClN5O5. The average molecular weight is 476 g/mol. The highest BCUT2D eigenvalue weighted by molar-refractivity contribution is 6.30. The largest absolute Gasteiger partial charge is 0.482 e. The summed E-state index contributed by atoms with van der Waals surface area (Å²) in [5, 5.41) is 4.67. The molecule has 0 aliphatic carbocycles. The van der Waals surface area contributed by atoms with Crippen molar-refractivity contribution in [2.45, 2.75) is 26.7 Å². The molecule has 1 fully saturated rings. The lowest BCUT2D eigenvalue weighted by molar-refractivity contribution is -0.145. The number of amides is 4. The van der Waals surface area contributed by atoms with Gasteiger partial charge in [0.25, 0.3) is 0 Å². The monoisotopic (exact) mass is 475 g/mol. The van der Waals surface area contributed by atoms with Crippen LogP contribution < -0.4 is 15.9 Å². The minimum atomic E-state index is -0.935. The van der Waals surface area contributed by atoms with Gasteiger partial charge in [-0.15, -0.1) is 0 Å². The van der Waals surface area contributed by atoms with Crippen molar-refractivity contribution in [1.82, 2.24) is 14.8 Å². The zero-order valence-electron chi connectivity index (χ0n) is 18.4. The number of ether oxygens (including phenoxy) is 2. The molecule has 4 amide bonds. The van der Waals surface area contributed by atoms with E-state index in [2.05, 4.69) is 5.32 Å². The molecule has 0 spiro atoms. The lowest BCUT2D eigenvalue weighted by Gasteiger charge is -2.45. The molecule has 33 heavy (non-hydrogen) atoms. The Morgan fingerprint density at radius 2 is 1.73 bits per heavy atom. The Labute approximate surface area is 196 Å². The van der Waals surface area contributed by atoms with Gasteiger partial charge in [-0.2, -0.15) is 0 Å². The van der Waals surface area contributed by atoms with Crippen LogP contribution in [0.2, 0.25) is 5.02 Å². The van der Waals surface area contributed by atoms with Crippen LogP contribution in [0.5, 0.6) is 5.75 Å². The van der Waals surface area contributed by atoms with Crippen LogP contribution in [0.15, 0.2) is 48.5 Å². The first-order valence-electron chi connectivity index (χ1n) is 10.4. The Morgan fingerprint density at radius 3 is 2.33 bits per heavy atom. The molecule has 0 saturated carbocycles. The molecule has 1 aliphatic rings. The van der Waals surface area contributed by atoms with Crippen LogP contribution in [0.25, 0.3) is 0 Å². The third-order valence-corrected chi connectivity index (χ3v) is 5.13. The Bertz CT molecular complexity index is 986. The van der Waals surface area contributed by atoms with E-state index in [0.29, 0.717) is 16.5 Å². The number of imide groups is 1. The van der Waals surface area contributed by atoms with Gasteiger partial charge in [0.2, 0.25) is 6.29 Å². The quantitative estimate of drug-likeness (QED) is 0.325. The Morgan fingerprint density at radius 1 is 1.06 bits per heavy atom. The fraction of sp³-hybridized carbons (Fsp3) is 0.318. The first-order chi connectivity index (χ1) is 15.8. The second kappa shape index (κ2) is 10.9. The molecule has 0 aromatic heterocycles. The summed E-state index contributed by atoms with van der Waals surface area (Å²) in [6.07, 6.45) is -0.935. The van der Waals surface area contributed by atoms with Gasteiger partial charge in [0.1, 0.15) is 5.75 Å². The number of carbonyl (C=O) groups excluding carboxylic acids is 3. The Balaban J connectivity index is 1.77. The van der Waals surface area contributed by atoms with E-state index in [1.807, 2.05) is 0 Å². The predicted octanol–water partition coefficient (Wildman–Crippen LogP) is 3.23. The molecule has 1 heterocycles. The van der Waals surface area contributed by atoms with Crippen molar-refractivity contribution >= 4 is 35.3 Å². The van der Waals surface area contributed by atoms with Crippen LogP contribution in [-0.2, 0) is 16.1 Å². The van der Waals surface area contributed by atoms with Crippen LogP contribution >= 0.6 is 11.6 Å². The molecule has 11 heteroatoms. The molecule has 2 aromatic carbocycles. The zero-order chi connectivity index (χ0) is 24.0. The van der Waals surface area contributed by atoms with Gasteiger partial charge in [-0.05, 0) is 55.8 Å². The summed E-state index contributed by atoms with van der Waals surface area (Å²) in [6, 6.07) is 12.7. The van der Waals surface area contributed by atoms with E-state index in [-0.39, 0.29) is 26.3 Å². The maximum Gasteiger partial charge on any atom is 0.345 e. The SMILES string of the molecule is CCOC(=O)COc1ccc(NC2N(N)C(=O)N(CC)C(=O)N2Cc2ccc(Cl)cc2)cc1. The number of nitrogens with zero attached hydrogens (tertiary/aromatic N) is 3. The fourth-order valence-corrected chi connectivity index (χ4v) is 3.36. The number of nitrogens with two attached hydrogens (primary N) is 1. The van der Waals surface area contributed by atoms with Crippen molar-refractivity contribution in [3.63, 3.8) is 0 Å². The van der Waals surface area contributed by atoms with E-state index >= 15 is 0 Å². The van der Waals surface area contributed by atoms with Gasteiger partial charge >= 0.3 is 18.0 Å². The summed E-state index contributed by atoms with van der Waals surface area (Å²) >= 11 is 5.97. The summed E-state index contributed by atoms with van der Waals surface area (Å²) in [5.74, 6) is 6.09. The van der Waals surface area contributed by atoms with Gasteiger partial charge in [-0.3, -0.25) is 4.90 Å². The minimum Gasteiger partial charge on any atom is -0.482 e. The zero-order valence-corrected chi connectivity index (χ0v) is 19.1. The van der Waals surface area contributed by atoms with Gasteiger partial charge in [0, 0.05) is 17.3 Å². The van der Waals surface area contributed by atoms with Crippen LogP contribution in [-0.4, -0.2) is 58.9 Å². The van der Waals surface area contributed by atoms with E-state index < -0.39 is 24.3 Å². The first-order valence-corrected chi connectivity index (χ1v) is 10.8.